The first-order valence-corrected chi connectivity index (χ1v) is 11.7. The van der Waals surface area contributed by atoms with Crippen LogP contribution in [0, 0.1) is 24.7 Å². The molecule has 1 aliphatic carbocycles. The second-order valence-corrected chi connectivity index (χ2v) is 9.15. The van der Waals surface area contributed by atoms with Gasteiger partial charge in [0.05, 0.1) is 17.3 Å². The molecule has 5 rings (SSSR count). The topological polar surface area (TPSA) is 80.1 Å². The third-order valence-electron chi connectivity index (χ3n) is 6.15. The zero-order valence-corrected chi connectivity index (χ0v) is 19.5. The number of hydrogen-bond acceptors (Lipinski definition) is 4. The second-order valence-electron chi connectivity index (χ2n) is 8.75. The number of aromatic nitrogens is 3. The number of nitrogens with one attached hydrogen (secondary N) is 1. The number of likely N-dealkylation sites (tertiary alicyclic amines) is 1. The molecule has 8 heteroatoms. The van der Waals surface area contributed by atoms with Crippen LogP contribution in [-0.2, 0) is 4.79 Å². The van der Waals surface area contributed by atoms with E-state index in [1.165, 1.54) is 6.20 Å². The van der Waals surface area contributed by atoms with Crippen molar-refractivity contribution in [2.45, 2.75) is 32.2 Å². The Kier molecular flexibility index (Phi) is 6.08. The molecule has 1 saturated heterocycles. The molecule has 1 atom stereocenters. The summed E-state index contributed by atoms with van der Waals surface area (Å²) in [5, 5.41) is 7.48. The number of halogens is 1. The number of aryl methyl sites for hydroxylation is 1. The lowest BCUT2D eigenvalue weighted by molar-refractivity contribution is -0.131. The van der Waals surface area contributed by atoms with Crippen LogP contribution in [-0.4, -0.2) is 44.6 Å². The number of pyridine rings is 1. The van der Waals surface area contributed by atoms with Gasteiger partial charge in [0.2, 0.25) is 5.91 Å². The highest BCUT2D eigenvalue weighted by Crippen LogP contribution is 2.34. The summed E-state index contributed by atoms with van der Waals surface area (Å²) in [5.74, 6) is 6.65. The Morgan fingerprint density at radius 1 is 1.09 bits per heavy atom. The first-order valence-electron chi connectivity index (χ1n) is 11.4. The van der Waals surface area contributed by atoms with E-state index in [0.29, 0.717) is 18.9 Å². The zero-order valence-electron chi connectivity index (χ0n) is 18.8. The summed E-state index contributed by atoms with van der Waals surface area (Å²) in [4.78, 5) is 31.8. The third-order valence-corrected chi connectivity index (χ3v) is 6.43. The quantitative estimate of drug-likeness (QED) is 0.579. The van der Waals surface area contributed by atoms with Crippen molar-refractivity contribution in [2.24, 2.45) is 5.92 Å². The van der Waals surface area contributed by atoms with Crippen LogP contribution in [0.4, 0.5) is 5.82 Å². The van der Waals surface area contributed by atoms with Gasteiger partial charge < -0.3 is 10.2 Å². The van der Waals surface area contributed by atoms with Gasteiger partial charge in [0, 0.05) is 36.3 Å². The van der Waals surface area contributed by atoms with E-state index in [1.54, 1.807) is 10.9 Å². The third kappa shape index (κ3) is 4.68. The summed E-state index contributed by atoms with van der Waals surface area (Å²) in [5.41, 5.74) is 2.75. The molecule has 2 aromatic heterocycles. The molecule has 34 heavy (non-hydrogen) atoms. The van der Waals surface area contributed by atoms with Crippen molar-refractivity contribution in [3.8, 4) is 11.8 Å². The largest absolute Gasteiger partial charge is 0.340 e. The molecule has 1 aliphatic heterocycles. The molecule has 2 aliphatic rings. The van der Waals surface area contributed by atoms with Gasteiger partial charge in [0.15, 0.2) is 0 Å². The Morgan fingerprint density at radius 2 is 1.85 bits per heavy atom. The van der Waals surface area contributed by atoms with Crippen molar-refractivity contribution in [2.75, 3.05) is 18.4 Å². The fraction of sp³-hybridized carbons (Fsp3) is 0.308. The summed E-state index contributed by atoms with van der Waals surface area (Å²) < 4.78 is 1.65. The number of rotatable bonds is 4. The summed E-state index contributed by atoms with van der Waals surface area (Å²) in [6.07, 6.45) is 5.80. The number of anilines is 1. The Labute approximate surface area is 203 Å². The SMILES string of the molecule is Cc1cc(C#Cc2ccccc2)cnc1NC(=O)c1c(Cl)cnn1[C@H]1CCN(C(=O)C2CC2)C1. The maximum absolute atomic E-state index is 13.2. The van der Waals surface area contributed by atoms with Crippen molar-refractivity contribution in [1.82, 2.24) is 19.7 Å². The van der Waals surface area contributed by atoms with E-state index < -0.39 is 0 Å². The van der Waals surface area contributed by atoms with Crippen LogP contribution in [0.1, 0.15) is 52.5 Å². The van der Waals surface area contributed by atoms with Crippen LogP contribution in [0.15, 0.2) is 48.8 Å². The van der Waals surface area contributed by atoms with Crippen molar-refractivity contribution in [3.63, 3.8) is 0 Å². The van der Waals surface area contributed by atoms with Gasteiger partial charge in [-0.2, -0.15) is 5.10 Å². The second kappa shape index (κ2) is 9.32. The highest BCUT2D eigenvalue weighted by Gasteiger charge is 2.38. The van der Waals surface area contributed by atoms with E-state index in [9.17, 15) is 9.59 Å². The standard InChI is InChI=1S/C26H24ClN5O2/c1-17-13-19(8-7-18-5-3-2-4-6-18)14-28-24(17)30-25(33)23-22(27)15-29-32(23)21-11-12-31(16-21)26(34)20-9-10-20/h2-6,13-15,20-21H,9-12,16H2,1H3,(H,28,30,33)/t21-/m0/s1. The molecule has 1 aromatic carbocycles. The number of carbonyl (C=O) groups excluding carboxylic acids is 2. The summed E-state index contributed by atoms with van der Waals surface area (Å²) in [6, 6.07) is 11.5. The van der Waals surface area contributed by atoms with Crippen LogP contribution >= 0.6 is 11.6 Å². The van der Waals surface area contributed by atoms with Crippen LogP contribution in [0.2, 0.25) is 5.02 Å². The fourth-order valence-corrected chi connectivity index (χ4v) is 4.38. The van der Waals surface area contributed by atoms with Gasteiger partial charge >= 0.3 is 0 Å². The number of amides is 2. The Morgan fingerprint density at radius 3 is 2.59 bits per heavy atom. The fourth-order valence-electron chi connectivity index (χ4n) is 4.17. The van der Waals surface area contributed by atoms with E-state index in [-0.39, 0.29) is 34.5 Å². The van der Waals surface area contributed by atoms with E-state index in [4.69, 9.17) is 11.6 Å². The van der Waals surface area contributed by atoms with Gasteiger partial charge in [-0.05, 0) is 49.9 Å². The van der Waals surface area contributed by atoms with Crippen LogP contribution in [0.3, 0.4) is 0 Å². The molecule has 172 valence electrons. The minimum Gasteiger partial charge on any atom is -0.340 e. The lowest BCUT2D eigenvalue weighted by Crippen LogP contribution is -2.31. The first-order chi connectivity index (χ1) is 16.5. The molecule has 3 aromatic rings. The number of nitrogens with zero attached hydrogens (tertiary/aromatic N) is 4. The van der Waals surface area contributed by atoms with E-state index >= 15 is 0 Å². The van der Waals surface area contributed by atoms with Crippen molar-refractivity contribution in [3.05, 3.63) is 76.2 Å². The van der Waals surface area contributed by atoms with Gasteiger partial charge in [-0.25, -0.2) is 4.98 Å². The summed E-state index contributed by atoms with van der Waals surface area (Å²) in [6.45, 7) is 3.08. The maximum Gasteiger partial charge on any atom is 0.276 e. The number of benzene rings is 1. The molecule has 2 fully saturated rings. The molecule has 7 nitrogen and oxygen atoms in total. The lowest BCUT2D eigenvalue weighted by atomic mass is 10.1. The van der Waals surface area contributed by atoms with Gasteiger partial charge in [-0.1, -0.05) is 41.6 Å². The zero-order chi connectivity index (χ0) is 23.7. The highest BCUT2D eigenvalue weighted by molar-refractivity contribution is 6.34. The molecule has 0 spiro atoms. The molecule has 0 unspecified atom stereocenters. The van der Waals surface area contributed by atoms with Crippen molar-refractivity contribution in [1.29, 1.82) is 0 Å². The first kappa shape index (κ1) is 22.2. The summed E-state index contributed by atoms with van der Waals surface area (Å²) >= 11 is 6.34. The normalized spacial score (nSPS) is 17.2. The van der Waals surface area contributed by atoms with Gasteiger partial charge in [0.25, 0.3) is 5.91 Å². The Balaban J connectivity index is 1.30. The van der Waals surface area contributed by atoms with Crippen LogP contribution in [0.25, 0.3) is 0 Å². The summed E-state index contributed by atoms with van der Waals surface area (Å²) in [7, 11) is 0. The van der Waals surface area contributed by atoms with E-state index in [1.807, 2.05) is 48.2 Å². The minimum absolute atomic E-state index is 0.0827. The molecular weight excluding hydrogens is 450 g/mol. The molecular formula is C26H24ClN5O2. The van der Waals surface area contributed by atoms with Gasteiger partial charge in [0.1, 0.15) is 11.5 Å². The predicted octanol–water partition coefficient (Wildman–Crippen LogP) is 4.08. The smallest absolute Gasteiger partial charge is 0.276 e. The molecule has 1 N–H and O–H groups in total. The number of hydrogen-bond donors (Lipinski definition) is 1. The average Bonchev–Trinajstić information content (AvgIpc) is 3.45. The number of carbonyl (C=O) groups is 2. The maximum atomic E-state index is 13.2. The molecule has 3 heterocycles. The minimum atomic E-state index is -0.381. The van der Waals surface area contributed by atoms with Gasteiger partial charge in [-0.3, -0.25) is 14.3 Å². The molecule has 0 bridgehead atoms. The molecule has 0 radical (unpaired) electrons. The van der Waals surface area contributed by atoms with E-state index in [0.717, 1.165) is 36.0 Å². The van der Waals surface area contributed by atoms with Crippen molar-refractivity contribution < 1.29 is 9.59 Å². The Bertz CT molecular complexity index is 1300. The molecule has 2 amide bonds. The Hall–Kier alpha value is -3.63. The van der Waals surface area contributed by atoms with Crippen LogP contribution in [0.5, 0.6) is 0 Å². The van der Waals surface area contributed by atoms with Crippen molar-refractivity contribution >= 4 is 29.2 Å². The van der Waals surface area contributed by atoms with E-state index in [2.05, 4.69) is 27.2 Å². The lowest BCUT2D eigenvalue weighted by Gasteiger charge is -2.18. The predicted molar refractivity (Wildman–Crippen MR) is 130 cm³/mol. The molecule has 1 saturated carbocycles. The average molecular weight is 474 g/mol. The monoisotopic (exact) mass is 473 g/mol. The highest BCUT2D eigenvalue weighted by atomic mass is 35.5. The van der Waals surface area contributed by atoms with Gasteiger partial charge in [-0.15, -0.1) is 0 Å². The van der Waals surface area contributed by atoms with Crippen LogP contribution < -0.4 is 5.32 Å².